The van der Waals surface area contributed by atoms with Gasteiger partial charge < -0.3 is 0 Å². The van der Waals surface area contributed by atoms with Crippen LogP contribution in [0.15, 0.2) is 41.3 Å². The molecule has 0 aliphatic rings. The summed E-state index contributed by atoms with van der Waals surface area (Å²) in [7, 11) is 0. The molecule has 3 heteroatoms. The summed E-state index contributed by atoms with van der Waals surface area (Å²) < 4.78 is 0.536. The van der Waals surface area contributed by atoms with Crippen molar-refractivity contribution in [1.29, 1.82) is 0 Å². The molecule has 0 atom stereocenters. The van der Waals surface area contributed by atoms with Gasteiger partial charge in [0.15, 0.2) is 0 Å². The summed E-state index contributed by atoms with van der Waals surface area (Å²) in [6, 6.07) is 12.0. The van der Waals surface area contributed by atoms with Crippen molar-refractivity contribution in [2.24, 2.45) is 0 Å². The fourth-order valence-corrected chi connectivity index (χ4v) is 2.49. The molecule has 0 fully saturated rings. The Balaban J connectivity index is 0.000000845. The zero-order valence-corrected chi connectivity index (χ0v) is 8.11. The molecule has 1 nitrogen and oxygen atoms in total. The normalized spacial score (nSPS) is 9.23. The van der Waals surface area contributed by atoms with E-state index in [0.29, 0.717) is 4.62 Å². The summed E-state index contributed by atoms with van der Waals surface area (Å²) in [6.07, 6.45) is 0. The summed E-state index contributed by atoms with van der Waals surface area (Å²) >= 11 is 0.158. The van der Waals surface area contributed by atoms with Crippen LogP contribution in [0.1, 0.15) is 0 Å². The third kappa shape index (κ3) is 2.49. The van der Waals surface area contributed by atoms with Crippen molar-refractivity contribution < 1.29 is 5.11 Å². The first-order valence-electron chi connectivity index (χ1n) is 3.70. The Morgan fingerprint density at radius 2 is 1.69 bits per heavy atom. The van der Waals surface area contributed by atoms with Crippen molar-refractivity contribution in [3.8, 4) is 15.8 Å². The fourth-order valence-electron chi connectivity index (χ4n) is 1.14. The van der Waals surface area contributed by atoms with E-state index in [1.165, 1.54) is 0 Å². The van der Waals surface area contributed by atoms with E-state index in [0.717, 1.165) is 11.1 Å². The number of aromatic hydroxyl groups is 1. The first-order chi connectivity index (χ1) is 5.88. The SMILES string of the molecule is Oc1[se]ccc1-c1ccccc1.[NaH]. The molecule has 0 radical (unpaired) electrons. The Morgan fingerprint density at radius 3 is 2.23 bits per heavy atom. The summed E-state index contributed by atoms with van der Waals surface area (Å²) in [6.45, 7) is 0. The molecule has 0 aliphatic carbocycles. The second-order valence-corrected chi connectivity index (χ2v) is 4.38. The quantitative estimate of drug-likeness (QED) is 0.756. The Labute approximate surface area is 105 Å². The van der Waals surface area contributed by atoms with Gasteiger partial charge in [-0.2, -0.15) is 0 Å². The number of benzene rings is 1. The molecule has 2 rings (SSSR count). The van der Waals surface area contributed by atoms with Gasteiger partial charge >= 0.3 is 106 Å². The Hall–Kier alpha value is 0.0195. The minimum atomic E-state index is 0. The summed E-state index contributed by atoms with van der Waals surface area (Å²) in [5.74, 6) is 0. The van der Waals surface area contributed by atoms with E-state index in [2.05, 4.69) is 0 Å². The van der Waals surface area contributed by atoms with Gasteiger partial charge in [0.2, 0.25) is 0 Å². The summed E-state index contributed by atoms with van der Waals surface area (Å²) in [5, 5.41) is 9.49. The number of rotatable bonds is 1. The number of hydrogen-bond donors (Lipinski definition) is 1. The fraction of sp³-hybridized carbons (Fsp3) is 0. The maximum absolute atomic E-state index is 9.49. The van der Waals surface area contributed by atoms with Gasteiger partial charge in [0.1, 0.15) is 0 Å². The van der Waals surface area contributed by atoms with E-state index in [1.54, 1.807) is 0 Å². The van der Waals surface area contributed by atoms with Gasteiger partial charge in [-0.25, -0.2) is 0 Å². The van der Waals surface area contributed by atoms with Crippen LogP contribution in [-0.4, -0.2) is 49.2 Å². The molecule has 0 saturated carbocycles. The first-order valence-corrected chi connectivity index (χ1v) is 5.54. The van der Waals surface area contributed by atoms with Crippen LogP contribution >= 0.6 is 0 Å². The molecule has 0 saturated heterocycles. The van der Waals surface area contributed by atoms with Crippen LogP contribution in [0.4, 0.5) is 0 Å². The molecule has 0 aliphatic heterocycles. The molecule has 1 aromatic carbocycles. The molecule has 0 amide bonds. The van der Waals surface area contributed by atoms with Crippen LogP contribution in [0.5, 0.6) is 4.62 Å². The second-order valence-electron chi connectivity index (χ2n) is 2.51. The third-order valence-corrected chi connectivity index (χ3v) is 3.23. The van der Waals surface area contributed by atoms with E-state index < -0.39 is 0 Å². The van der Waals surface area contributed by atoms with Gasteiger partial charge in [-0.3, -0.25) is 0 Å². The van der Waals surface area contributed by atoms with Crippen molar-refractivity contribution in [3.05, 3.63) is 41.3 Å². The van der Waals surface area contributed by atoms with Gasteiger partial charge in [0.05, 0.1) is 0 Å². The maximum atomic E-state index is 9.49. The molecule has 1 aromatic heterocycles. The molecule has 0 bridgehead atoms. The molecule has 1 N–H and O–H groups in total. The van der Waals surface area contributed by atoms with E-state index >= 15 is 0 Å². The molecule has 0 unspecified atom stereocenters. The van der Waals surface area contributed by atoms with E-state index in [1.807, 2.05) is 41.3 Å². The molecule has 13 heavy (non-hydrogen) atoms. The van der Waals surface area contributed by atoms with E-state index in [9.17, 15) is 5.11 Å². The molecule has 0 spiro atoms. The van der Waals surface area contributed by atoms with Crippen LogP contribution in [0, 0.1) is 0 Å². The van der Waals surface area contributed by atoms with Crippen molar-refractivity contribution in [3.63, 3.8) is 0 Å². The van der Waals surface area contributed by atoms with Gasteiger partial charge in [-0.15, -0.1) is 0 Å². The average Bonchev–Trinajstić information content (AvgIpc) is 2.53. The zero-order chi connectivity index (χ0) is 8.39. The van der Waals surface area contributed by atoms with Crippen molar-refractivity contribution in [2.75, 3.05) is 0 Å². The van der Waals surface area contributed by atoms with E-state index in [4.69, 9.17) is 0 Å². The van der Waals surface area contributed by atoms with Crippen molar-refractivity contribution in [2.45, 2.75) is 0 Å². The third-order valence-electron chi connectivity index (χ3n) is 1.73. The summed E-state index contributed by atoms with van der Waals surface area (Å²) in [5.41, 5.74) is 2.08. The molecule has 2 aromatic rings. The Kier molecular flexibility index (Phi) is 4.30. The first kappa shape index (κ1) is 11.1. The molecular formula is C10H9NaOSe. The standard InChI is InChI=1S/C10H8OSe.Na.H/c11-10-9(6-7-12-10)8-4-2-1-3-5-8;;/h1-7,11H;;. The van der Waals surface area contributed by atoms with Gasteiger partial charge in [-0.1, -0.05) is 0 Å². The second kappa shape index (κ2) is 5.04. The van der Waals surface area contributed by atoms with Crippen molar-refractivity contribution in [1.82, 2.24) is 0 Å². The van der Waals surface area contributed by atoms with Gasteiger partial charge in [0, 0.05) is 0 Å². The van der Waals surface area contributed by atoms with Crippen LogP contribution in [0.3, 0.4) is 0 Å². The Morgan fingerprint density at radius 1 is 1.00 bits per heavy atom. The van der Waals surface area contributed by atoms with Gasteiger partial charge in [-0.05, 0) is 0 Å². The predicted octanol–water partition coefficient (Wildman–Crippen LogP) is 1.47. The van der Waals surface area contributed by atoms with Crippen LogP contribution in [0.2, 0.25) is 0 Å². The molecule has 62 valence electrons. The average molecular weight is 247 g/mol. The van der Waals surface area contributed by atoms with Crippen LogP contribution < -0.4 is 0 Å². The van der Waals surface area contributed by atoms with Crippen LogP contribution in [-0.2, 0) is 0 Å². The number of hydrogen-bond acceptors (Lipinski definition) is 1. The van der Waals surface area contributed by atoms with E-state index in [-0.39, 0.29) is 44.1 Å². The van der Waals surface area contributed by atoms with Crippen LogP contribution in [0.25, 0.3) is 11.1 Å². The molecular weight excluding hydrogens is 238 g/mol. The predicted molar refractivity (Wildman–Crippen MR) is 57.6 cm³/mol. The Bertz CT molecular complexity index is 369. The minimum absolute atomic E-state index is 0. The molecule has 1 heterocycles. The zero-order valence-electron chi connectivity index (χ0n) is 6.40. The summed E-state index contributed by atoms with van der Waals surface area (Å²) in [4.78, 5) is 2.03. The topological polar surface area (TPSA) is 20.2 Å². The van der Waals surface area contributed by atoms with Gasteiger partial charge in [0.25, 0.3) is 0 Å². The monoisotopic (exact) mass is 248 g/mol. The van der Waals surface area contributed by atoms with Crippen molar-refractivity contribution >= 4 is 44.1 Å².